The minimum absolute atomic E-state index is 0.0110. The summed E-state index contributed by atoms with van der Waals surface area (Å²) in [5, 5.41) is 0. The maximum absolute atomic E-state index is 12.8. The second kappa shape index (κ2) is 5.83. The molecule has 2 aromatic carbocycles. The van der Waals surface area contributed by atoms with E-state index in [1.165, 1.54) is 12.1 Å². The number of sulfone groups is 1. The smallest absolute Gasteiger partial charge is 0.224 e. The number of allylic oxidation sites excluding steroid dienone is 4. The highest BCUT2D eigenvalue weighted by molar-refractivity contribution is 7.90. The van der Waals surface area contributed by atoms with Crippen molar-refractivity contribution in [2.24, 2.45) is 5.41 Å². The van der Waals surface area contributed by atoms with E-state index >= 15 is 0 Å². The van der Waals surface area contributed by atoms with Gasteiger partial charge in [0, 0.05) is 11.7 Å². The molecule has 140 valence electrons. The SMILES string of the molecule is CS(=O)(=O)c1ccc(C2=CC3(C=C2c2ccc(C(F)(F)F)cc2)CC3)cc1. The number of halogens is 3. The molecule has 0 aromatic heterocycles. The van der Waals surface area contributed by atoms with Crippen LogP contribution in [0.1, 0.15) is 29.5 Å². The Morgan fingerprint density at radius 2 is 1.26 bits per heavy atom. The monoisotopic (exact) mass is 390 g/mol. The average molecular weight is 390 g/mol. The van der Waals surface area contributed by atoms with E-state index in [4.69, 9.17) is 0 Å². The Morgan fingerprint density at radius 1 is 0.815 bits per heavy atom. The van der Waals surface area contributed by atoms with Crippen LogP contribution >= 0.6 is 0 Å². The molecule has 2 aromatic rings. The highest BCUT2D eigenvalue weighted by Crippen LogP contribution is 2.57. The summed E-state index contributed by atoms with van der Waals surface area (Å²) in [6.45, 7) is 0. The predicted molar refractivity (Wildman–Crippen MR) is 98.6 cm³/mol. The van der Waals surface area contributed by atoms with Crippen LogP contribution < -0.4 is 0 Å². The molecule has 27 heavy (non-hydrogen) atoms. The van der Waals surface area contributed by atoms with Gasteiger partial charge < -0.3 is 0 Å². The molecule has 0 unspecified atom stereocenters. The molecule has 0 amide bonds. The minimum Gasteiger partial charge on any atom is -0.224 e. The Hall–Kier alpha value is -2.34. The fourth-order valence-corrected chi connectivity index (χ4v) is 4.03. The van der Waals surface area contributed by atoms with Gasteiger partial charge in [-0.3, -0.25) is 0 Å². The van der Waals surface area contributed by atoms with Crippen molar-refractivity contribution in [1.82, 2.24) is 0 Å². The average Bonchev–Trinajstić information content (AvgIpc) is 3.24. The summed E-state index contributed by atoms with van der Waals surface area (Å²) < 4.78 is 61.8. The van der Waals surface area contributed by atoms with Gasteiger partial charge in [-0.15, -0.1) is 0 Å². The number of benzene rings is 2. The molecule has 6 heteroatoms. The van der Waals surface area contributed by atoms with E-state index in [9.17, 15) is 21.6 Å². The van der Waals surface area contributed by atoms with Gasteiger partial charge in [0.1, 0.15) is 0 Å². The lowest BCUT2D eigenvalue weighted by Crippen LogP contribution is -2.04. The second-order valence-corrected chi connectivity index (χ2v) is 9.24. The first-order valence-electron chi connectivity index (χ1n) is 8.52. The van der Waals surface area contributed by atoms with Gasteiger partial charge in [-0.2, -0.15) is 13.2 Å². The van der Waals surface area contributed by atoms with Gasteiger partial charge in [-0.1, -0.05) is 36.4 Å². The van der Waals surface area contributed by atoms with Gasteiger partial charge in [0.15, 0.2) is 9.84 Å². The van der Waals surface area contributed by atoms with Crippen LogP contribution in [0.2, 0.25) is 0 Å². The van der Waals surface area contributed by atoms with Gasteiger partial charge in [-0.05, 0) is 59.4 Å². The summed E-state index contributed by atoms with van der Waals surface area (Å²) in [5.41, 5.74) is 2.74. The maximum Gasteiger partial charge on any atom is 0.416 e. The Labute approximate surface area is 156 Å². The third-order valence-electron chi connectivity index (χ3n) is 5.10. The van der Waals surface area contributed by atoms with Crippen molar-refractivity contribution >= 4 is 21.0 Å². The third kappa shape index (κ3) is 3.46. The highest BCUT2D eigenvalue weighted by Gasteiger charge is 2.43. The van der Waals surface area contributed by atoms with Crippen molar-refractivity contribution in [3.05, 3.63) is 77.4 Å². The van der Waals surface area contributed by atoms with E-state index in [1.807, 2.05) is 0 Å². The van der Waals surface area contributed by atoms with E-state index in [2.05, 4.69) is 12.2 Å². The van der Waals surface area contributed by atoms with Crippen LogP contribution in [0.15, 0.2) is 65.6 Å². The molecule has 1 fully saturated rings. The Morgan fingerprint density at radius 3 is 1.63 bits per heavy atom. The van der Waals surface area contributed by atoms with Crippen molar-refractivity contribution in [3.63, 3.8) is 0 Å². The molecule has 0 heterocycles. The normalized spacial score (nSPS) is 18.4. The molecule has 2 nitrogen and oxygen atoms in total. The summed E-state index contributed by atoms with van der Waals surface area (Å²) in [4.78, 5) is 0.242. The third-order valence-corrected chi connectivity index (χ3v) is 6.23. The first kappa shape index (κ1) is 18.0. The zero-order valence-electron chi connectivity index (χ0n) is 14.5. The Kier molecular flexibility index (Phi) is 3.89. The molecule has 4 rings (SSSR count). The van der Waals surface area contributed by atoms with E-state index < -0.39 is 21.6 Å². The number of alkyl halides is 3. The first-order valence-corrected chi connectivity index (χ1v) is 10.4. The van der Waals surface area contributed by atoms with Crippen LogP contribution in [0.25, 0.3) is 11.1 Å². The fraction of sp³-hybridized carbons (Fsp3) is 0.238. The largest absolute Gasteiger partial charge is 0.416 e. The molecule has 0 aliphatic heterocycles. The summed E-state index contributed by atoms with van der Waals surface area (Å²) in [6.07, 6.45) is 3.10. The van der Waals surface area contributed by atoms with Crippen molar-refractivity contribution in [2.75, 3.05) is 6.26 Å². The Bertz CT molecular complexity index is 1050. The summed E-state index contributed by atoms with van der Waals surface area (Å²) in [5.74, 6) is 0. The van der Waals surface area contributed by atoms with Crippen LogP contribution in [0, 0.1) is 5.41 Å². The van der Waals surface area contributed by atoms with Crippen molar-refractivity contribution in [2.45, 2.75) is 23.9 Å². The molecule has 2 aliphatic rings. The number of hydrogen-bond acceptors (Lipinski definition) is 2. The first-order chi connectivity index (χ1) is 12.6. The molecular formula is C21H17F3O2S. The molecule has 1 spiro atoms. The summed E-state index contributed by atoms with van der Waals surface area (Å²) >= 11 is 0. The highest BCUT2D eigenvalue weighted by atomic mass is 32.2. The van der Waals surface area contributed by atoms with Crippen molar-refractivity contribution < 1.29 is 21.6 Å². The lowest BCUT2D eigenvalue weighted by Gasteiger charge is -2.12. The zero-order valence-corrected chi connectivity index (χ0v) is 15.4. The van der Waals surface area contributed by atoms with E-state index in [-0.39, 0.29) is 10.3 Å². The molecule has 0 saturated heterocycles. The van der Waals surface area contributed by atoms with Crippen molar-refractivity contribution in [3.8, 4) is 0 Å². The lowest BCUT2D eigenvalue weighted by molar-refractivity contribution is -0.137. The second-order valence-electron chi connectivity index (χ2n) is 7.22. The molecular weight excluding hydrogens is 373 g/mol. The van der Waals surface area contributed by atoms with Crippen LogP contribution in [0.4, 0.5) is 13.2 Å². The van der Waals surface area contributed by atoms with Crippen LogP contribution in [-0.4, -0.2) is 14.7 Å². The van der Waals surface area contributed by atoms with Gasteiger partial charge in [0.25, 0.3) is 0 Å². The van der Waals surface area contributed by atoms with Gasteiger partial charge in [0.05, 0.1) is 10.5 Å². The molecule has 0 bridgehead atoms. The molecule has 0 atom stereocenters. The lowest BCUT2D eigenvalue weighted by atomic mass is 9.94. The molecule has 2 aliphatic carbocycles. The van der Waals surface area contributed by atoms with E-state index in [0.29, 0.717) is 0 Å². The van der Waals surface area contributed by atoms with E-state index in [0.717, 1.165) is 53.5 Å². The number of hydrogen-bond donors (Lipinski definition) is 0. The van der Waals surface area contributed by atoms with E-state index in [1.54, 1.807) is 24.3 Å². The van der Waals surface area contributed by atoms with Gasteiger partial charge in [0.2, 0.25) is 0 Å². The maximum atomic E-state index is 12.8. The van der Waals surface area contributed by atoms with Gasteiger partial charge in [-0.25, -0.2) is 8.42 Å². The topological polar surface area (TPSA) is 34.1 Å². The van der Waals surface area contributed by atoms with Crippen molar-refractivity contribution in [1.29, 1.82) is 0 Å². The standard InChI is InChI=1S/C21H17F3O2S/c1-27(25,26)17-8-4-15(5-9-17)19-13-20(10-11-20)12-18(19)14-2-6-16(7-3-14)21(22,23)24/h2-9,12-13H,10-11H2,1H3. The fourth-order valence-electron chi connectivity index (χ4n) is 3.40. The number of rotatable bonds is 3. The Balaban J connectivity index is 1.72. The van der Waals surface area contributed by atoms with Crippen LogP contribution in [0.5, 0.6) is 0 Å². The van der Waals surface area contributed by atoms with Gasteiger partial charge >= 0.3 is 6.18 Å². The minimum atomic E-state index is -4.36. The molecule has 1 saturated carbocycles. The summed E-state index contributed by atoms with van der Waals surface area (Å²) in [6, 6.07) is 11.8. The zero-order chi connectivity index (χ0) is 19.4. The van der Waals surface area contributed by atoms with Crippen LogP contribution in [-0.2, 0) is 16.0 Å². The molecule has 0 N–H and O–H groups in total. The van der Waals surface area contributed by atoms with Crippen LogP contribution in [0.3, 0.4) is 0 Å². The summed E-state index contributed by atoms with van der Waals surface area (Å²) in [7, 11) is -3.28. The molecule has 0 radical (unpaired) electrons. The quantitative estimate of drug-likeness (QED) is 0.706. The predicted octanol–water partition coefficient (Wildman–Crippen LogP) is 5.37.